The number of aromatic nitrogens is 2. The number of aliphatic carboxylic acids is 1. The van der Waals surface area contributed by atoms with E-state index in [0.717, 1.165) is 0 Å². The number of piperidine rings is 1. The zero-order valence-electron chi connectivity index (χ0n) is 9.24. The number of likely N-dealkylation sites (tertiary alicyclic amines) is 1. The predicted octanol–water partition coefficient (Wildman–Crippen LogP) is 0.413. The predicted molar refractivity (Wildman–Crippen MR) is 58.3 cm³/mol. The van der Waals surface area contributed by atoms with Gasteiger partial charge in [0, 0.05) is 19.3 Å². The second-order valence-electron chi connectivity index (χ2n) is 4.00. The van der Waals surface area contributed by atoms with E-state index in [1.54, 1.807) is 11.0 Å². The molecule has 6 nitrogen and oxygen atoms in total. The second-order valence-corrected chi connectivity index (χ2v) is 4.00. The second kappa shape index (κ2) is 4.90. The molecule has 17 heavy (non-hydrogen) atoms. The zero-order valence-corrected chi connectivity index (χ0v) is 9.24. The first kappa shape index (κ1) is 11.5. The van der Waals surface area contributed by atoms with Crippen molar-refractivity contribution in [3.63, 3.8) is 0 Å². The third-order valence-corrected chi connectivity index (χ3v) is 2.93. The molecular formula is C11H13N3O3. The fourth-order valence-electron chi connectivity index (χ4n) is 1.91. The van der Waals surface area contributed by atoms with Crippen molar-refractivity contribution in [1.29, 1.82) is 0 Å². The van der Waals surface area contributed by atoms with Crippen molar-refractivity contribution in [2.75, 3.05) is 13.1 Å². The molecule has 0 atom stereocenters. The number of hydrogen-bond acceptors (Lipinski definition) is 4. The molecule has 1 saturated heterocycles. The Hall–Kier alpha value is -1.98. The highest BCUT2D eigenvalue weighted by molar-refractivity contribution is 5.92. The Balaban J connectivity index is 1.98. The minimum absolute atomic E-state index is 0.156. The molecule has 1 amide bonds. The summed E-state index contributed by atoms with van der Waals surface area (Å²) in [6.45, 7) is 0.944. The van der Waals surface area contributed by atoms with E-state index in [9.17, 15) is 9.59 Å². The average molecular weight is 235 g/mol. The monoisotopic (exact) mass is 235 g/mol. The van der Waals surface area contributed by atoms with Crippen LogP contribution in [-0.2, 0) is 4.79 Å². The summed E-state index contributed by atoms with van der Waals surface area (Å²) in [6, 6.07) is 1.56. The van der Waals surface area contributed by atoms with Crippen LogP contribution >= 0.6 is 0 Å². The van der Waals surface area contributed by atoms with E-state index in [1.807, 2.05) is 0 Å². The fraction of sp³-hybridized carbons (Fsp3) is 0.455. The van der Waals surface area contributed by atoms with Gasteiger partial charge in [0.25, 0.3) is 5.91 Å². The van der Waals surface area contributed by atoms with E-state index in [2.05, 4.69) is 9.97 Å². The lowest BCUT2D eigenvalue weighted by atomic mass is 9.97. The van der Waals surface area contributed by atoms with E-state index >= 15 is 0 Å². The maximum absolute atomic E-state index is 12.0. The lowest BCUT2D eigenvalue weighted by Crippen LogP contribution is -2.40. The quantitative estimate of drug-likeness (QED) is 0.802. The third kappa shape index (κ3) is 2.58. The zero-order chi connectivity index (χ0) is 12.3. The van der Waals surface area contributed by atoms with Gasteiger partial charge in [-0.2, -0.15) is 0 Å². The number of carboxylic acids is 1. The number of carbonyl (C=O) groups is 2. The molecule has 0 spiro atoms. The topological polar surface area (TPSA) is 83.4 Å². The normalized spacial score (nSPS) is 16.8. The number of amides is 1. The van der Waals surface area contributed by atoms with Gasteiger partial charge in [-0.25, -0.2) is 9.97 Å². The highest BCUT2D eigenvalue weighted by atomic mass is 16.4. The van der Waals surface area contributed by atoms with E-state index in [1.165, 1.54) is 12.5 Å². The Morgan fingerprint density at radius 3 is 2.59 bits per heavy atom. The maximum atomic E-state index is 12.0. The first-order valence-corrected chi connectivity index (χ1v) is 5.46. The Morgan fingerprint density at radius 2 is 2.06 bits per heavy atom. The molecule has 1 aliphatic rings. The molecule has 6 heteroatoms. The summed E-state index contributed by atoms with van der Waals surface area (Å²) in [5.74, 6) is -1.26. The molecule has 1 N–H and O–H groups in total. The summed E-state index contributed by atoms with van der Waals surface area (Å²) in [7, 11) is 0. The number of nitrogens with zero attached hydrogens (tertiary/aromatic N) is 3. The standard InChI is InChI=1S/C11H13N3O3/c15-10(9-1-4-12-7-13-9)14-5-2-8(3-6-14)11(16)17/h1,4,7-8H,2-3,5-6H2,(H,16,17). The SMILES string of the molecule is O=C(O)C1CCN(C(=O)c2ccncn2)CC1. The minimum atomic E-state index is -0.779. The summed E-state index contributed by atoms with van der Waals surface area (Å²) in [5, 5.41) is 8.86. The van der Waals surface area contributed by atoms with Gasteiger partial charge in [0.1, 0.15) is 12.0 Å². The molecule has 0 saturated carbocycles. The number of carbonyl (C=O) groups excluding carboxylic acids is 1. The van der Waals surface area contributed by atoms with Gasteiger partial charge in [0.05, 0.1) is 5.92 Å². The largest absolute Gasteiger partial charge is 0.481 e. The molecule has 0 unspecified atom stereocenters. The van der Waals surface area contributed by atoms with Crippen LogP contribution in [0.1, 0.15) is 23.3 Å². The van der Waals surface area contributed by atoms with Crippen LogP contribution in [0, 0.1) is 5.92 Å². The van der Waals surface area contributed by atoms with Crippen molar-refractivity contribution >= 4 is 11.9 Å². The van der Waals surface area contributed by atoms with E-state index in [0.29, 0.717) is 31.6 Å². The average Bonchev–Trinajstić information content (AvgIpc) is 2.39. The van der Waals surface area contributed by atoms with Gasteiger partial charge < -0.3 is 10.0 Å². The highest BCUT2D eigenvalue weighted by Crippen LogP contribution is 2.18. The molecule has 1 aromatic rings. The first-order valence-electron chi connectivity index (χ1n) is 5.46. The van der Waals surface area contributed by atoms with Crippen LogP contribution in [0.25, 0.3) is 0 Å². The molecular weight excluding hydrogens is 222 g/mol. The molecule has 90 valence electrons. The minimum Gasteiger partial charge on any atom is -0.481 e. The number of rotatable bonds is 2. The van der Waals surface area contributed by atoms with Crippen LogP contribution in [0.2, 0.25) is 0 Å². The van der Waals surface area contributed by atoms with Crippen LogP contribution in [0.4, 0.5) is 0 Å². The number of carboxylic acid groups (broad SMARTS) is 1. The third-order valence-electron chi connectivity index (χ3n) is 2.93. The van der Waals surface area contributed by atoms with E-state index < -0.39 is 5.97 Å². The summed E-state index contributed by atoms with van der Waals surface area (Å²) in [6.07, 6.45) is 3.86. The van der Waals surface area contributed by atoms with Crippen molar-refractivity contribution < 1.29 is 14.7 Å². The molecule has 0 aromatic carbocycles. The summed E-state index contributed by atoms with van der Waals surface area (Å²) in [5.41, 5.74) is 0.355. The molecule has 1 fully saturated rings. The number of hydrogen-bond donors (Lipinski definition) is 1. The molecule has 0 bridgehead atoms. The Morgan fingerprint density at radius 1 is 1.35 bits per heavy atom. The molecule has 2 heterocycles. The Kier molecular flexibility index (Phi) is 3.32. The van der Waals surface area contributed by atoms with Crippen molar-refractivity contribution in [3.05, 3.63) is 24.3 Å². The van der Waals surface area contributed by atoms with Gasteiger partial charge in [-0.3, -0.25) is 9.59 Å². The first-order chi connectivity index (χ1) is 8.18. The van der Waals surface area contributed by atoms with Crippen LogP contribution in [0.15, 0.2) is 18.6 Å². The molecule has 1 aliphatic heterocycles. The van der Waals surface area contributed by atoms with E-state index in [-0.39, 0.29) is 11.8 Å². The summed E-state index contributed by atoms with van der Waals surface area (Å²) in [4.78, 5) is 32.0. The molecule has 2 rings (SSSR count). The highest BCUT2D eigenvalue weighted by Gasteiger charge is 2.27. The van der Waals surface area contributed by atoms with Crippen LogP contribution in [0.5, 0.6) is 0 Å². The van der Waals surface area contributed by atoms with Crippen molar-refractivity contribution in [3.8, 4) is 0 Å². The smallest absolute Gasteiger partial charge is 0.306 e. The molecule has 0 radical (unpaired) electrons. The Labute approximate surface area is 98.3 Å². The summed E-state index contributed by atoms with van der Waals surface area (Å²) >= 11 is 0. The van der Waals surface area contributed by atoms with Gasteiger partial charge in [0.2, 0.25) is 0 Å². The van der Waals surface area contributed by atoms with Gasteiger partial charge in [-0.05, 0) is 18.9 Å². The lowest BCUT2D eigenvalue weighted by Gasteiger charge is -2.29. The van der Waals surface area contributed by atoms with Crippen molar-refractivity contribution in [2.45, 2.75) is 12.8 Å². The van der Waals surface area contributed by atoms with Gasteiger partial charge in [0.15, 0.2) is 0 Å². The Bertz CT molecular complexity index is 413. The van der Waals surface area contributed by atoms with E-state index in [4.69, 9.17) is 5.11 Å². The van der Waals surface area contributed by atoms with Crippen LogP contribution < -0.4 is 0 Å². The molecule has 1 aromatic heterocycles. The van der Waals surface area contributed by atoms with Crippen molar-refractivity contribution in [1.82, 2.24) is 14.9 Å². The lowest BCUT2D eigenvalue weighted by molar-refractivity contribution is -0.143. The maximum Gasteiger partial charge on any atom is 0.306 e. The van der Waals surface area contributed by atoms with Crippen LogP contribution in [-0.4, -0.2) is 44.9 Å². The van der Waals surface area contributed by atoms with Crippen molar-refractivity contribution in [2.24, 2.45) is 5.92 Å². The fourth-order valence-corrected chi connectivity index (χ4v) is 1.91. The summed E-state index contributed by atoms with van der Waals surface area (Å²) < 4.78 is 0. The van der Waals surface area contributed by atoms with Crippen LogP contribution in [0.3, 0.4) is 0 Å². The van der Waals surface area contributed by atoms with Gasteiger partial charge in [-0.15, -0.1) is 0 Å². The van der Waals surface area contributed by atoms with Gasteiger partial charge >= 0.3 is 5.97 Å². The van der Waals surface area contributed by atoms with Gasteiger partial charge in [-0.1, -0.05) is 0 Å². The molecule has 0 aliphatic carbocycles.